The van der Waals surface area contributed by atoms with Gasteiger partial charge in [-0.1, -0.05) is 6.07 Å². The van der Waals surface area contributed by atoms with Crippen molar-refractivity contribution in [3.05, 3.63) is 53.4 Å². The van der Waals surface area contributed by atoms with E-state index in [4.69, 9.17) is 0 Å². The summed E-state index contributed by atoms with van der Waals surface area (Å²) in [6, 6.07) is 5.57. The zero-order valence-corrected chi connectivity index (χ0v) is 9.74. The van der Waals surface area contributed by atoms with Crippen molar-refractivity contribution in [2.24, 2.45) is 0 Å². The maximum absolute atomic E-state index is 13.8. The Bertz CT molecular complexity index is 571. The lowest BCUT2D eigenvalue weighted by molar-refractivity contribution is 0.156. The van der Waals surface area contributed by atoms with Crippen LogP contribution >= 0.6 is 0 Å². The van der Waals surface area contributed by atoms with Crippen molar-refractivity contribution in [1.29, 1.82) is 0 Å². The smallest absolute Gasteiger partial charge is 0.150 e. The van der Waals surface area contributed by atoms with Crippen molar-refractivity contribution in [1.82, 2.24) is 4.57 Å². The highest BCUT2D eigenvalue weighted by molar-refractivity contribution is 5.41. The molecule has 1 atom stereocenters. The average Bonchev–Trinajstić information content (AvgIpc) is 2.75. The van der Waals surface area contributed by atoms with Crippen LogP contribution in [-0.2, 0) is 6.42 Å². The van der Waals surface area contributed by atoms with Crippen LogP contribution in [-0.4, -0.2) is 9.67 Å². The van der Waals surface area contributed by atoms with Crippen molar-refractivity contribution in [2.75, 3.05) is 0 Å². The van der Waals surface area contributed by atoms with Crippen molar-refractivity contribution in [3.63, 3.8) is 0 Å². The van der Waals surface area contributed by atoms with Crippen LogP contribution in [0.3, 0.4) is 0 Å². The van der Waals surface area contributed by atoms with Gasteiger partial charge in [-0.2, -0.15) is 0 Å². The van der Waals surface area contributed by atoms with E-state index in [0.29, 0.717) is 6.42 Å². The first-order valence-electron chi connectivity index (χ1n) is 6.01. The molecule has 94 valence electrons. The number of aliphatic hydroxyl groups excluding tert-OH is 1. The lowest BCUT2D eigenvalue weighted by atomic mass is 9.95. The minimum atomic E-state index is -0.589. The largest absolute Gasteiger partial charge is 0.388 e. The maximum atomic E-state index is 13.8. The van der Waals surface area contributed by atoms with Crippen LogP contribution in [0.25, 0.3) is 5.69 Å². The Morgan fingerprint density at radius 3 is 2.61 bits per heavy atom. The molecular weight excluding hydrogens is 236 g/mol. The fraction of sp³-hybridized carbons (Fsp3) is 0.286. The average molecular weight is 249 g/mol. The summed E-state index contributed by atoms with van der Waals surface area (Å²) in [7, 11) is 0. The molecular formula is C14H13F2NO. The number of hydrogen-bond acceptors (Lipinski definition) is 1. The molecule has 3 rings (SSSR count). The first kappa shape index (κ1) is 11.4. The van der Waals surface area contributed by atoms with E-state index in [1.165, 1.54) is 22.8 Å². The Hall–Kier alpha value is -1.68. The molecule has 0 saturated carbocycles. The van der Waals surface area contributed by atoms with Crippen LogP contribution in [0.1, 0.15) is 30.2 Å². The van der Waals surface area contributed by atoms with E-state index in [9.17, 15) is 13.9 Å². The molecule has 1 aromatic heterocycles. The first-order valence-corrected chi connectivity index (χ1v) is 6.01. The Labute approximate surface area is 103 Å². The van der Waals surface area contributed by atoms with Crippen molar-refractivity contribution in [2.45, 2.75) is 25.4 Å². The summed E-state index contributed by atoms with van der Waals surface area (Å²) in [6.45, 7) is 0. The highest BCUT2D eigenvalue weighted by atomic mass is 19.1. The van der Waals surface area contributed by atoms with Crippen LogP contribution < -0.4 is 0 Å². The summed E-state index contributed by atoms with van der Waals surface area (Å²) in [5.41, 5.74) is 1.52. The van der Waals surface area contributed by atoms with E-state index < -0.39 is 17.7 Å². The maximum Gasteiger partial charge on any atom is 0.150 e. The second-order valence-corrected chi connectivity index (χ2v) is 4.57. The molecule has 1 aliphatic rings. The Morgan fingerprint density at radius 1 is 1.17 bits per heavy atom. The summed E-state index contributed by atoms with van der Waals surface area (Å²) >= 11 is 0. The van der Waals surface area contributed by atoms with Crippen LogP contribution in [0.4, 0.5) is 8.78 Å². The van der Waals surface area contributed by atoms with Gasteiger partial charge in [0, 0.05) is 17.5 Å². The number of hydrogen-bond donors (Lipinski definition) is 1. The lowest BCUT2D eigenvalue weighted by Gasteiger charge is -2.20. The van der Waals surface area contributed by atoms with Crippen molar-refractivity contribution >= 4 is 0 Å². The molecule has 2 nitrogen and oxygen atoms in total. The minimum absolute atomic E-state index is 0.0622. The van der Waals surface area contributed by atoms with E-state index in [0.717, 1.165) is 24.1 Å². The molecule has 0 fully saturated rings. The SMILES string of the molecule is OC1CCCc2c1ccn2-c1c(F)cccc1F. The highest BCUT2D eigenvalue weighted by Crippen LogP contribution is 2.33. The molecule has 0 saturated heterocycles. The number of halogens is 2. The molecule has 1 N–H and O–H groups in total. The van der Waals surface area contributed by atoms with Crippen molar-refractivity contribution < 1.29 is 13.9 Å². The molecule has 0 bridgehead atoms. The van der Waals surface area contributed by atoms with Gasteiger partial charge in [0.2, 0.25) is 0 Å². The molecule has 0 aliphatic heterocycles. The highest BCUT2D eigenvalue weighted by Gasteiger charge is 2.23. The molecule has 0 spiro atoms. The number of fused-ring (bicyclic) bond motifs is 1. The lowest BCUT2D eigenvalue weighted by Crippen LogP contribution is -2.12. The van der Waals surface area contributed by atoms with Gasteiger partial charge < -0.3 is 9.67 Å². The molecule has 1 aromatic carbocycles. The Balaban J connectivity index is 2.19. The van der Waals surface area contributed by atoms with Gasteiger partial charge in [-0.25, -0.2) is 8.78 Å². The number of para-hydroxylation sites is 1. The fourth-order valence-electron chi connectivity index (χ4n) is 2.60. The number of benzene rings is 1. The second kappa shape index (κ2) is 4.21. The monoisotopic (exact) mass is 249 g/mol. The third-order valence-electron chi connectivity index (χ3n) is 3.46. The zero-order valence-electron chi connectivity index (χ0n) is 9.74. The summed E-state index contributed by atoms with van der Waals surface area (Å²) in [6.07, 6.45) is 3.36. The number of rotatable bonds is 1. The Morgan fingerprint density at radius 2 is 1.89 bits per heavy atom. The topological polar surface area (TPSA) is 25.2 Å². The third kappa shape index (κ3) is 1.64. The summed E-state index contributed by atoms with van der Waals surface area (Å²) < 4.78 is 29.0. The summed E-state index contributed by atoms with van der Waals surface area (Å²) in [5.74, 6) is -1.18. The fourth-order valence-corrected chi connectivity index (χ4v) is 2.60. The number of aliphatic hydroxyl groups is 1. The van der Waals surface area contributed by atoms with Gasteiger partial charge in [0.15, 0.2) is 0 Å². The molecule has 1 aliphatic carbocycles. The molecule has 2 aromatic rings. The van der Waals surface area contributed by atoms with E-state index >= 15 is 0 Å². The predicted molar refractivity (Wildman–Crippen MR) is 63.6 cm³/mol. The number of aromatic nitrogens is 1. The standard InChI is InChI=1S/C14H13F2NO/c15-10-3-1-4-11(16)14(10)17-8-7-9-12(17)5-2-6-13(9)18/h1,3-4,7-8,13,18H,2,5-6H2. The second-order valence-electron chi connectivity index (χ2n) is 4.57. The first-order chi connectivity index (χ1) is 8.68. The molecule has 0 radical (unpaired) electrons. The zero-order chi connectivity index (χ0) is 12.7. The molecule has 0 amide bonds. The summed E-state index contributed by atoms with van der Waals surface area (Å²) in [4.78, 5) is 0. The molecule has 1 heterocycles. The quantitative estimate of drug-likeness (QED) is 0.825. The van der Waals surface area contributed by atoms with Gasteiger partial charge in [-0.3, -0.25) is 0 Å². The van der Waals surface area contributed by atoms with E-state index in [1.807, 2.05) is 0 Å². The normalized spacial score (nSPS) is 18.7. The van der Waals surface area contributed by atoms with E-state index in [1.54, 1.807) is 12.3 Å². The number of nitrogens with zero attached hydrogens (tertiary/aromatic N) is 1. The van der Waals surface area contributed by atoms with Crippen LogP contribution in [0, 0.1) is 11.6 Å². The molecule has 4 heteroatoms. The van der Waals surface area contributed by atoms with Gasteiger partial charge in [0.1, 0.15) is 17.3 Å². The van der Waals surface area contributed by atoms with Crippen molar-refractivity contribution in [3.8, 4) is 5.69 Å². The minimum Gasteiger partial charge on any atom is -0.388 e. The molecule has 1 unspecified atom stereocenters. The van der Waals surface area contributed by atoms with Gasteiger partial charge in [-0.15, -0.1) is 0 Å². The van der Waals surface area contributed by atoms with Gasteiger partial charge in [0.25, 0.3) is 0 Å². The van der Waals surface area contributed by atoms with Crippen LogP contribution in [0.5, 0.6) is 0 Å². The van der Waals surface area contributed by atoms with E-state index in [-0.39, 0.29) is 5.69 Å². The van der Waals surface area contributed by atoms with Crippen LogP contribution in [0.15, 0.2) is 30.5 Å². The molecule has 18 heavy (non-hydrogen) atoms. The van der Waals surface area contributed by atoms with Gasteiger partial charge >= 0.3 is 0 Å². The van der Waals surface area contributed by atoms with E-state index in [2.05, 4.69) is 0 Å². The predicted octanol–water partition coefficient (Wildman–Crippen LogP) is 3.13. The third-order valence-corrected chi connectivity index (χ3v) is 3.46. The van der Waals surface area contributed by atoms with Gasteiger partial charge in [-0.05, 0) is 37.5 Å². The Kier molecular flexibility index (Phi) is 2.67. The van der Waals surface area contributed by atoms with Gasteiger partial charge in [0.05, 0.1) is 6.10 Å². The van der Waals surface area contributed by atoms with Crippen LogP contribution in [0.2, 0.25) is 0 Å². The summed E-state index contributed by atoms with van der Waals surface area (Å²) in [5, 5.41) is 9.86.